The molecule has 28 heavy (non-hydrogen) atoms. The molecule has 2 atom stereocenters. The number of rotatable bonds is 6. The van der Waals surface area contributed by atoms with Crippen LogP contribution < -0.4 is 14.2 Å². The minimum Gasteiger partial charge on any atom is -0.496 e. The lowest BCUT2D eigenvalue weighted by molar-refractivity contribution is -0.140. The highest BCUT2D eigenvalue weighted by atomic mass is 16.5. The summed E-state index contributed by atoms with van der Waals surface area (Å²) < 4.78 is 16.6. The molecule has 0 bridgehead atoms. The average molecular weight is 388 g/mol. The Hall–Kier alpha value is -3.16. The summed E-state index contributed by atoms with van der Waals surface area (Å²) >= 11 is 0. The highest BCUT2D eigenvalue weighted by Gasteiger charge is 2.58. The third-order valence-electron chi connectivity index (χ3n) is 5.03. The zero-order valence-corrected chi connectivity index (χ0v) is 16.0. The number of ether oxygens (including phenoxy) is 3. The number of fused-ring (bicyclic) bond motifs is 3. The second-order valence-corrected chi connectivity index (χ2v) is 6.86. The van der Waals surface area contributed by atoms with Gasteiger partial charge >= 0.3 is 5.97 Å². The molecule has 0 spiro atoms. The van der Waals surface area contributed by atoms with Crippen LogP contribution in [0, 0.1) is 5.92 Å². The van der Waals surface area contributed by atoms with Crippen LogP contribution in [0.25, 0.3) is 0 Å². The average Bonchev–Trinajstić information content (AvgIpc) is 2.92. The van der Waals surface area contributed by atoms with Crippen LogP contribution in [-0.2, 0) is 19.8 Å². The van der Waals surface area contributed by atoms with Gasteiger partial charge in [0.15, 0.2) is 17.3 Å². The lowest BCUT2D eigenvalue weighted by atomic mass is 9.67. The zero-order chi connectivity index (χ0) is 20.8. The Balaban J connectivity index is 2.35. The Kier molecular flexibility index (Phi) is 4.74. The Morgan fingerprint density at radius 1 is 1.29 bits per heavy atom. The second-order valence-electron chi connectivity index (χ2n) is 6.86. The number of hydrogen-bond acceptors (Lipinski definition) is 7. The lowest BCUT2D eigenvalue weighted by Gasteiger charge is -2.30. The monoisotopic (exact) mass is 388 g/mol. The first-order valence-electron chi connectivity index (χ1n) is 8.78. The number of methoxy groups -OCH3 is 1. The van der Waals surface area contributed by atoms with Crippen LogP contribution in [-0.4, -0.2) is 42.1 Å². The van der Waals surface area contributed by atoms with Crippen molar-refractivity contribution in [3.05, 3.63) is 29.0 Å². The van der Waals surface area contributed by atoms with Crippen LogP contribution in [0.1, 0.15) is 43.1 Å². The van der Waals surface area contributed by atoms with Crippen molar-refractivity contribution in [1.29, 1.82) is 0 Å². The molecule has 0 saturated heterocycles. The van der Waals surface area contributed by atoms with Crippen molar-refractivity contribution in [2.45, 2.75) is 32.6 Å². The molecule has 1 N–H and O–H groups in total. The maximum atomic E-state index is 13.2. The highest BCUT2D eigenvalue weighted by Crippen LogP contribution is 2.56. The molecule has 1 aliphatic heterocycles. The smallest absolute Gasteiger partial charge is 0.343 e. The minimum atomic E-state index is -1.51. The standard InChI is InChI=1S/C20H20O8/c1-5-6-27-12-8-11(26-4)15(19(24)25)17-16(12)20(3)13(28-17)7-10(22)14(9(2)21)18(20)23/h7-8,14H,5-6H2,1-4H3,(H,24,25)/t14?,20-/m1/s1. The fourth-order valence-electron chi connectivity index (χ4n) is 3.65. The van der Waals surface area contributed by atoms with Gasteiger partial charge in [-0.3, -0.25) is 14.4 Å². The normalized spacial score (nSPS) is 22.7. The number of ketones is 3. The molecule has 8 nitrogen and oxygen atoms in total. The third kappa shape index (κ3) is 2.59. The van der Waals surface area contributed by atoms with Gasteiger partial charge in [-0.25, -0.2) is 4.79 Å². The molecule has 1 aliphatic carbocycles. The van der Waals surface area contributed by atoms with Gasteiger partial charge in [0, 0.05) is 12.1 Å². The maximum Gasteiger partial charge on any atom is 0.343 e. The molecule has 148 valence electrons. The molecule has 2 aliphatic rings. The molecule has 1 heterocycles. The summed E-state index contributed by atoms with van der Waals surface area (Å²) in [6.07, 6.45) is 1.76. The number of hydrogen-bond donors (Lipinski definition) is 1. The van der Waals surface area contributed by atoms with E-state index in [9.17, 15) is 24.3 Å². The number of carboxylic acids is 1. The number of aromatic carboxylic acids is 1. The summed E-state index contributed by atoms with van der Waals surface area (Å²) in [6, 6.07) is 1.39. The Bertz CT molecular complexity index is 942. The maximum absolute atomic E-state index is 13.2. The minimum absolute atomic E-state index is 0.00194. The van der Waals surface area contributed by atoms with Gasteiger partial charge in [-0.1, -0.05) is 6.92 Å². The van der Waals surface area contributed by atoms with E-state index in [0.717, 1.165) is 6.08 Å². The Morgan fingerprint density at radius 2 is 1.96 bits per heavy atom. The zero-order valence-electron chi connectivity index (χ0n) is 16.0. The summed E-state index contributed by atoms with van der Waals surface area (Å²) in [5.74, 6) is -4.62. The summed E-state index contributed by atoms with van der Waals surface area (Å²) in [5, 5.41) is 9.68. The molecule has 0 fully saturated rings. The van der Waals surface area contributed by atoms with Crippen molar-refractivity contribution >= 4 is 23.3 Å². The first kappa shape index (κ1) is 19.6. The third-order valence-corrected chi connectivity index (χ3v) is 5.03. The van der Waals surface area contributed by atoms with Crippen LogP contribution in [0.2, 0.25) is 0 Å². The van der Waals surface area contributed by atoms with Gasteiger partial charge < -0.3 is 19.3 Å². The van der Waals surface area contributed by atoms with E-state index in [1.165, 1.54) is 27.0 Å². The van der Waals surface area contributed by atoms with Crippen LogP contribution in [0.5, 0.6) is 17.2 Å². The highest BCUT2D eigenvalue weighted by molar-refractivity contribution is 6.27. The first-order valence-corrected chi connectivity index (χ1v) is 8.78. The van der Waals surface area contributed by atoms with Crippen molar-refractivity contribution in [1.82, 2.24) is 0 Å². The van der Waals surface area contributed by atoms with Gasteiger partial charge in [0.1, 0.15) is 39.9 Å². The predicted octanol–water partition coefficient (Wildman–Crippen LogP) is 2.07. The topological polar surface area (TPSA) is 116 Å². The number of allylic oxidation sites excluding steroid dienone is 2. The number of Topliss-reactive ketones (excluding diaryl/α,β-unsaturated/α-hetero) is 2. The lowest BCUT2D eigenvalue weighted by Crippen LogP contribution is -2.47. The van der Waals surface area contributed by atoms with Gasteiger partial charge in [-0.2, -0.15) is 0 Å². The van der Waals surface area contributed by atoms with Gasteiger partial charge in [0.25, 0.3) is 0 Å². The number of benzene rings is 1. The van der Waals surface area contributed by atoms with E-state index in [1.54, 1.807) is 0 Å². The summed E-state index contributed by atoms with van der Waals surface area (Å²) in [7, 11) is 1.31. The molecule has 1 unspecified atom stereocenters. The van der Waals surface area contributed by atoms with Crippen molar-refractivity contribution in [3.63, 3.8) is 0 Å². The van der Waals surface area contributed by atoms with E-state index in [4.69, 9.17) is 14.2 Å². The van der Waals surface area contributed by atoms with Gasteiger partial charge in [-0.05, 0) is 20.3 Å². The molecule has 1 aromatic rings. The molecular weight excluding hydrogens is 368 g/mol. The second kappa shape index (κ2) is 6.78. The van der Waals surface area contributed by atoms with E-state index in [-0.39, 0.29) is 34.1 Å². The summed E-state index contributed by atoms with van der Waals surface area (Å²) in [4.78, 5) is 49.3. The van der Waals surface area contributed by atoms with E-state index in [1.807, 2.05) is 6.92 Å². The largest absolute Gasteiger partial charge is 0.496 e. The van der Waals surface area contributed by atoms with E-state index >= 15 is 0 Å². The van der Waals surface area contributed by atoms with Gasteiger partial charge in [0.05, 0.1) is 19.3 Å². The van der Waals surface area contributed by atoms with Crippen LogP contribution >= 0.6 is 0 Å². The van der Waals surface area contributed by atoms with Crippen molar-refractivity contribution in [2.24, 2.45) is 5.92 Å². The molecule has 1 aromatic carbocycles. The van der Waals surface area contributed by atoms with Crippen molar-refractivity contribution < 1.29 is 38.5 Å². The first-order chi connectivity index (χ1) is 13.2. The SMILES string of the molecule is CCCOc1cc(OC)c(C(=O)O)c2c1[C@]1(C)C(=O)C(C(C)=O)C(=O)C=C1O2. The van der Waals surface area contributed by atoms with Crippen LogP contribution in [0.15, 0.2) is 17.9 Å². The summed E-state index contributed by atoms with van der Waals surface area (Å²) in [6.45, 7) is 4.88. The molecule has 0 saturated carbocycles. The Labute approximate surface area is 161 Å². The molecular formula is C20H20O8. The Morgan fingerprint density at radius 3 is 2.50 bits per heavy atom. The summed E-state index contributed by atoms with van der Waals surface area (Å²) in [5.41, 5.74) is -1.61. The van der Waals surface area contributed by atoms with Crippen LogP contribution in [0.4, 0.5) is 0 Å². The van der Waals surface area contributed by atoms with E-state index in [0.29, 0.717) is 13.0 Å². The van der Waals surface area contributed by atoms with Crippen LogP contribution in [0.3, 0.4) is 0 Å². The molecule has 0 radical (unpaired) electrons. The van der Waals surface area contributed by atoms with Crippen molar-refractivity contribution in [2.75, 3.05) is 13.7 Å². The molecule has 0 amide bonds. The van der Waals surface area contributed by atoms with Crippen molar-refractivity contribution in [3.8, 4) is 17.2 Å². The predicted molar refractivity (Wildman–Crippen MR) is 96.0 cm³/mol. The fourth-order valence-corrected chi connectivity index (χ4v) is 3.65. The number of carbonyl (C=O) groups is 4. The molecule has 3 rings (SSSR count). The fraction of sp³-hybridized carbons (Fsp3) is 0.400. The molecule has 0 aromatic heterocycles. The molecule has 8 heteroatoms. The van der Waals surface area contributed by atoms with E-state index < -0.39 is 34.7 Å². The quantitative estimate of drug-likeness (QED) is 0.736. The van der Waals surface area contributed by atoms with Gasteiger partial charge in [0.2, 0.25) is 0 Å². The van der Waals surface area contributed by atoms with E-state index in [2.05, 4.69) is 0 Å². The number of carboxylic acid groups (broad SMARTS) is 1. The van der Waals surface area contributed by atoms with Gasteiger partial charge in [-0.15, -0.1) is 0 Å². The number of carbonyl (C=O) groups excluding carboxylic acids is 3.